The van der Waals surface area contributed by atoms with Crippen LogP contribution >= 0.6 is 0 Å². The average molecular weight is 282 g/mol. The summed E-state index contributed by atoms with van der Waals surface area (Å²) in [6.45, 7) is 4.13. The largest absolute Gasteiger partial charge is 0.287 e. The molecule has 1 aliphatic heterocycles. The SMILES string of the molecule is CCCCC1C=CCN1Cc1cn(-c2ccccc2)nn1. The first kappa shape index (κ1) is 14.0. The summed E-state index contributed by atoms with van der Waals surface area (Å²) in [5.41, 5.74) is 2.09. The predicted octanol–water partition coefficient (Wildman–Crippen LogP) is 3.20. The Bertz CT molecular complexity index is 588. The second-order valence-corrected chi connectivity index (χ2v) is 5.56. The van der Waals surface area contributed by atoms with E-state index < -0.39 is 0 Å². The molecule has 21 heavy (non-hydrogen) atoms. The number of benzene rings is 1. The van der Waals surface area contributed by atoms with E-state index >= 15 is 0 Å². The highest BCUT2D eigenvalue weighted by molar-refractivity contribution is 5.29. The molecule has 0 radical (unpaired) electrons. The molecule has 0 amide bonds. The smallest absolute Gasteiger partial charge is 0.0972 e. The van der Waals surface area contributed by atoms with E-state index in [2.05, 4.69) is 34.3 Å². The molecule has 3 rings (SSSR count). The Hall–Kier alpha value is -1.94. The highest BCUT2D eigenvalue weighted by Crippen LogP contribution is 2.18. The highest BCUT2D eigenvalue weighted by atomic mass is 15.4. The third kappa shape index (κ3) is 3.39. The molecule has 4 nitrogen and oxygen atoms in total. The fraction of sp³-hybridized carbons (Fsp3) is 0.412. The zero-order valence-electron chi connectivity index (χ0n) is 12.5. The van der Waals surface area contributed by atoms with Crippen LogP contribution in [0.25, 0.3) is 5.69 Å². The Morgan fingerprint density at radius 2 is 2.10 bits per heavy atom. The molecule has 0 bridgehead atoms. The zero-order chi connectivity index (χ0) is 14.5. The van der Waals surface area contributed by atoms with E-state index in [-0.39, 0.29) is 0 Å². The lowest BCUT2D eigenvalue weighted by Gasteiger charge is -2.22. The molecule has 0 N–H and O–H groups in total. The minimum Gasteiger partial charge on any atom is -0.287 e. The molecule has 0 saturated heterocycles. The lowest BCUT2D eigenvalue weighted by atomic mass is 10.1. The maximum Gasteiger partial charge on any atom is 0.0972 e. The molecule has 1 aromatic carbocycles. The van der Waals surface area contributed by atoms with Crippen molar-refractivity contribution in [3.63, 3.8) is 0 Å². The minimum absolute atomic E-state index is 0.562. The molecule has 2 aromatic rings. The van der Waals surface area contributed by atoms with Crippen LogP contribution in [0.2, 0.25) is 0 Å². The Kier molecular flexibility index (Phi) is 4.46. The summed E-state index contributed by atoms with van der Waals surface area (Å²) in [7, 11) is 0. The number of para-hydroxylation sites is 1. The van der Waals surface area contributed by atoms with E-state index in [1.165, 1.54) is 19.3 Å². The van der Waals surface area contributed by atoms with E-state index in [1.807, 2.05) is 41.2 Å². The Balaban J connectivity index is 1.65. The molecule has 1 aliphatic rings. The molecule has 110 valence electrons. The van der Waals surface area contributed by atoms with Gasteiger partial charge in [0.2, 0.25) is 0 Å². The van der Waals surface area contributed by atoms with Crippen LogP contribution in [0.5, 0.6) is 0 Å². The quantitative estimate of drug-likeness (QED) is 0.763. The van der Waals surface area contributed by atoms with Crippen LogP contribution < -0.4 is 0 Å². The van der Waals surface area contributed by atoms with Crippen LogP contribution in [0.4, 0.5) is 0 Å². The van der Waals surface area contributed by atoms with Crippen LogP contribution in [0.1, 0.15) is 31.9 Å². The van der Waals surface area contributed by atoms with Crippen LogP contribution in [0, 0.1) is 0 Å². The van der Waals surface area contributed by atoms with Gasteiger partial charge in [0, 0.05) is 19.1 Å². The van der Waals surface area contributed by atoms with Gasteiger partial charge in [0.05, 0.1) is 17.6 Å². The molecule has 1 unspecified atom stereocenters. The molecule has 0 fully saturated rings. The first-order valence-electron chi connectivity index (χ1n) is 7.74. The first-order valence-corrected chi connectivity index (χ1v) is 7.74. The zero-order valence-corrected chi connectivity index (χ0v) is 12.5. The minimum atomic E-state index is 0.562. The number of nitrogens with zero attached hydrogens (tertiary/aromatic N) is 4. The van der Waals surface area contributed by atoms with Crippen molar-refractivity contribution in [3.05, 3.63) is 54.4 Å². The van der Waals surface area contributed by atoms with Crippen LogP contribution in [-0.4, -0.2) is 32.5 Å². The Morgan fingerprint density at radius 1 is 1.24 bits per heavy atom. The molecule has 0 spiro atoms. The van der Waals surface area contributed by atoms with Gasteiger partial charge in [-0.15, -0.1) is 5.10 Å². The summed E-state index contributed by atoms with van der Waals surface area (Å²) in [5, 5.41) is 8.55. The molecule has 1 atom stereocenters. The lowest BCUT2D eigenvalue weighted by Crippen LogP contribution is -2.29. The normalized spacial score (nSPS) is 18.4. The van der Waals surface area contributed by atoms with Gasteiger partial charge in [-0.3, -0.25) is 4.90 Å². The molecule has 0 aliphatic carbocycles. The summed E-state index contributed by atoms with van der Waals surface area (Å²) in [6.07, 6.45) is 10.4. The topological polar surface area (TPSA) is 34.0 Å². The molecule has 1 aromatic heterocycles. The third-order valence-electron chi connectivity index (χ3n) is 3.95. The molecule has 0 saturated carbocycles. The second-order valence-electron chi connectivity index (χ2n) is 5.56. The van der Waals surface area contributed by atoms with Gasteiger partial charge in [0.1, 0.15) is 0 Å². The summed E-state index contributed by atoms with van der Waals surface area (Å²) < 4.78 is 1.85. The number of hydrogen-bond donors (Lipinski definition) is 0. The van der Waals surface area contributed by atoms with Crippen LogP contribution in [0.3, 0.4) is 0 Å². The molecular weight excluding hydrogens is 260 g/mol. The summed E-state index contributed by atoms with van der Waals surface area (Å²) in [6, 6.07) is 10.7. The third-order valence-corrected chi connectivity index (χ3v) is 3.95. The number of unbranched alkanes of at least 4 members (excludes halogenated alkanes) is 1. The van der Waals surface area contributed by atoms with Gasteiger partial charge in [-0.25, -0.2) is 4.68 Å². The monoisotopic (exact) mass is 282 g/mol. The van der Waals surface area contributed by atoms with Crippen molar-refractivity contribution in [2.24, 2.45) is 0 Å². The maximum atomic E-state index is 4.31. The maximum absolute atomic E-state index is 4.31. The molecular formula is C17H22N4. The van der Waals surface area contributed by atoms with Gasteiger partial charge in [-0.1, -0.05) is 55.3 Å². The molecule has 2 heterocycles. The number of hydrogen-bond acceptors (Lipinski definition) is 3. The van der Waals surface area contributed by atoms with Gasteiger partial charge in [-0.2, -0.15) is 0 Å². The first-order chi connectivity index (χ1) is 10.4. The van der Waals surface area contributed by atoms with E-state index in [0.29, 0.717) is 6.04 Å². The number of aromatic nitrogens is 3. The van der Waals surface area contributed by atoms with Crippen molar-refractivity contribution in [3.8, 4) is 5.69 Å². The fourth-order valence-corrected chi connectivity index (χ4v) is 2.77. The fourth-order valence-electron chi connectivity index (χ4n) is 2.77. The van der Waals surface area contributed by atoms with E-state index in [9.17, 15) is 0 Å². The van der Waals surface area contributed by atoms with Crippen molar-refractivity contribution < 1.29 is 0 Å². The van der Waals surface area contributed by atoms with E-state index in [0.717, 1.165) is 24.5 Å². The summed E-state index contributed by atoms with van der Waals surface area (Å²) in [4.78, 5) is 2.47. The van der Waals surface area contributed by atoms with Crippen molar-refractivity contribution in [2.75, 3.05) is 6.54 Å². The van der Waals surface area contributed by atoms with Gasteiger partial charge < -0.3 is 0 Å². The van der Waals surface area contributed by atoms with Gasteiger partial charge in [-0.05, 0) is 18.6 Å². The number of rotatable bonds is 6. The molecule has 4 heteroatoms. The lowest BCUT2D eigenvalue weighted by molar-refractivity contribution is 0.247. The van der Waals surface area contributed by atoms with Crippen LogP contribution in [-0.2, 0) is 6.54 Å². The second kappa shape index (κ2) is 6.68. The van der Waals surface area contributed by atoms with Gasteiger partial charge in [0.15, 0.2) is 0 Å². The standard InChI is InChI=1S/C17H22N4/c1-2-3-8-16-11-7-12-20(16)13-15-14-21(19-18-15)17-9-5-4-6-10-17/h4-7,9-11,14,16H,2-3,8,12-13H2,1H3. The Labute approximate surface area is 126 Å². The summed E-state index contributed by atoms with van der Waals surface area (Å²) in [5.74, 6) is 0. The van der Waals surface area contributed by atoms with Crippen molar-refractivity contribution in [1.82, 2.24) is 19.9 Å². The average Bonchev–Trinajstić information content (AvgIpc) is 3.16. The van der Waals surface area contributed by atoms with Gasteiger partial charge >= 0.3 is 0 Å². The van der Waals surface area contributed by atoms with E-state index in [1.54, 1.807) is 0 Å². The van der Waals surface area contributed by atoms with Gasteiger partial charge in [0.25, 0.3) is 0 Å². The van der Waals surface area contributed by atoms with Crippen LogP contribution in [0.15, 0.2) is 48.7 Å². The van der Waals surface area contributed by atoms with Crippen molar-refractivity contribution in [2.45, 2.75) is 38.8 Å². The van der Waals surface area contributed by atoms with Crippen molar-refractivity contribution >= 4 is 0 Å². The Morgan fingerprint density at radius 3 is 2.90 bits per heavy atom. The van der Waals surface area contributed by atoms with E-state index in [4.69, 9.17) is 0 Å². The highest BCUT2D eigenvalue weighted by Gasteiger charge is 2.20. The van der Waals surface area contributed by atoms with Crippen molar-refractivity contribution in [1.29, 1.82) is 0 Å². The predicted molar refractivity (Wildman–Crippen MR) is 84.2 cm³/mol. The summed E-state index contributed by atoms with van der Waals surface area (Å²) >= 11 is 0.